The van der Waals surface area contributed by atoms with Crippen molar-refractivity contribution in [3.05, 3.63) is 47.1 Å². The van der Waals surface area contributed by atoms with Crippen LogP contribution in [0.3, 0.4) is 0 Å². The number of fused-ring (bicyclic) bond motifs is 1. The average molecular weight is 269 g/mol. The van der Waals surface area contributed by atoms with Crippen molar-refractivity contribution in [1.29, 1.82) is 0 Å². The second-order valence-electron chi connectivity index (χ2n) is 5.89. The van der Waals surface area contributed by atoms with Crippen LogP contribution in [0.4, 0.5) is 0 Å². The Bertz CT molecular complexity index is 688. The topological polar surface area (TPSA) is 59.2 Å². The van der Waals surface area contributed by atoms with Crippen LogP contribution in [0.1, 0.15) is 47.4 Å². The predicted octanol–water partition coefficient (Wildman–Crippen LogP) is 2.28. The number of rotatable bonds is 3. The third-order valence-electron chi connectivity index (χ3n) is 4.23. The molecule has 102 valence electrons. The lowest BCUT2D eigenvalue weighted by Gasteiger charge is -2.11. The molecule has 1 saturated carbocycles. The molecule has 20 heavy (non-hydrogen) atoms. The van der Waals surface area contributed by atoms with E-state index < -0.39 is 0 Å². The van der Waals surface area contributed by atoms with E-state index in [4.69, 9.17) is 4.52 Å². The fourth-order valence-corrected chi connectivity index (χ4v) is 2.58. The summed E-state index contributed by atoms with van der Waals surface area (Å²) in [5.74, 6) is 1.34. The van der Waals surface area contributed by atoms with Crippen LogP contribution in [0, 0.1) is 0 Å². The lowest BCUT2D eigenvalue weighted by atomic mass is 10.1. The maximum atomic E-state index is 12.3. The molecule has 1 aromatic carbocycles. The first-order chi connectivity index (χ1) is 9.66. The molecule has 0 saturated heterocycles. The standard InChI is InChI=1S/C15H15N3O2/c1-15(6-7-15)14-16-12(20-17-14)9-18-8-10-4-2-3-5-11(10)13(18)19/h2-5H,6-9H2,1H3. The first kappa shape index (κ1) is 11.6. The summed E-state index contributed by atoms with van der Waals surface area (Å²) in [6.45, 7) is 3.14. The van der Waals surface area contributed by atoms with Gasteiger partial charge in [0.05, 0.1) is 0 Å². The van der Waals surface area contributed by atoms with Gasteiger partial charge in [0.2, 0.25) is 5.89 Å². The Morgan fingerprint density at radius 3 is 2.90 bits per heavy atom. The number of benzene rings is 1. The second kappa shape index (κ2) is 3.91. The van der Waals surface area contributed by atoms with Crippen LogP contribution in [0.15, 0.2) is 28.8 Å². The molecule has 2 aliphatic rings. The van der Waals surface area contributed by atoms with Crippen LogP contribution in [-0.4, -0.2) is 20.9 Å². The minimum absolute atomic E-state index is 0.0398. The van der Waals surface area contributed by atoms with Gasteiger partial charge in [0.15, 0.2) is 5.82 Å². The van der Waals surface area contributed by atoms with Crippen molar-refractivity contribution in [3.63, 3.8) is 0 Å². The number of amides is 1. The number of hydrogen-bond donors (Lipinski definition) is 0. The van der Waals surface area contributed by atoms with Gasteiger partial charge in [-0.25, -0.2) is 0 Å². The largest absolute Gasteiger partial charge is 0.337 e. The monoisotopic (exact) mass is 269 g/mol. The number of carbonyl (C=O) groups excluding carboxylic acids is 1. The molecule has 1 aromatic heterocycles. The Labute approximate surface area is 116 Å². The zero-order chi connectivity index (χ0) is 13.7. The van der Waals surface area contributed by atoms with Crippen molar-refractivity contribution >= 4 is 5.91 Å². The minimum Gasteiger partial charge on any atom is -0.337 e. The Morgan fingerprint density at radius 2 is 2.15 bits per heavy atom. The fourth-order valence-electron chi connectivity index (χ4n) is 2.58. The molecule has 0 unspecified atom stereocenters. The minimum atomic E-state index is 0.0398. The molecule has 1 amide bonds. The van der Waals surface area contributed by atoms with Gasteiger partial charge < -0.3 is 9.42 Å². The maximum Gasteiger partial charge on any atom is 0.254 e. The SMILES string of the molecule is CC1(c2noc(CN3Cc4ccccc4C3=O)n2)CC1. The first-order valence-corrected chi connectivity index (χ1v) is 6.86. The van der Waals surface area contributed by atoms with Gasteiger partial charge in [-0.2, -0.15) is 4.98 Å². The van der Waals surface area contributed by atoms with E-state index in [-0.39, 0.29) is 11.3 Å². The van der Waals surface area contributed by atoms with Crippen LogP contribution < -0.4 is 0 Å². The van der Waals surface area contributed by atoms with E-state index in [1.807, 2.05) is 24.3 Å². The molecular weight excluding hydrogens is 254 g/mol. The molecule has 1 aliphatic heterocycles. The summed E-state index contributed by atoms with van der Waals surface area (Å²) >= 11 is 0. The molecular formula is C15H15N3O2. The number of carbonyl (C=O) groups is 1. The van der Waals surface area contributed by atoms with E-state index in [1.54, 1.807) is 4.90 Å². The van der Waals surface area contributed by atoms with Crippen LogP contribution in [0.5, 0.6) is 0 Å². The highest BCUT2D eigenvalue weighted by Gasteiger charge is 2.43. The van der Waals surface area contributed by atoms with Gasteiger partial charge in [0, 0.05) is 17.5 Å². The number of nitrogens with zero attached hydrogens (tertiary/aromatic N) is 3. The predicted molar refractivity (Wildman–Crippen MR) is 70.9 cm³/mol. The third-order valence-corrected chi connectivity index (χ3v) is 4.23. The third kappa shape index (κ3) is 1.73. The molecule has 4 rings (SSSR count). The lowest BCUT2D eigenvalue weighted by Crippen LogP contribution is -2.23. The smallest absolute Gasteiger partial charge is 0.254 e. The molecule has 0 N–H and O–H groups in total. The van der Waals surface area contributed by atoms with Crippen LogP contribution in [0.2, 0.25) is 0 Å². The van der Waals surface area contributed by atoms with Crippen molar-refractivity contribution in [2.45, 2.75) is 38.3 Å². The normalized spacial score (nSPS) is 19.2. The summed E-state index contributed by atoms with van der Waals surface area (Å²) in [6, 6.07) is 7.69. The van der Waals surface area contributed by atoms with Crippen LogP contribution in [-0.2, 0) is 18.5 Å². The van der Waals surface area contributed by atoms with Crippen molar-refractivity contribution in [2.24, 2.45) is 0 Å². The molecule has 1 fully saturated rings. The Hall–Kier alpha value is -2.17. The van der Waals surface area contributed by atoms with Crippen LogP contribution >= 0.6 is 0 Å². The fraction of sp³-hybridized carbons (Fsp3) is 0.400. The molecule has 0 atom stereocenters. The van der Waals surface area contributed by atoms with Gasteiger partial charge in [0.25, 0.3) is 5.91 Å². The molecule has 1 aliphatic carbocycles. The first-order valence-electron chi connectivity index (χ1n) is 6.86. The summed E-state index contributed by atoms with van der Waals surface area (Å²) in [5.41, 5.74) is 1.94. The summed E-state index contributed by atoms with van der Waals surface area (Å²) in [7, 11) is 0. The van der Waals surface area contributed by atoms with E-state index in [1.165, 1.54) is 0 Å². The maximum absolute atomic E-state index is 12.3. The Balaban J connectivity index is 1.53. The Morgan fingerprint density at radius 1 is 1.35 bits per heavy atom. The van der Waals surface area contributed by atoms with E-state index in [0.717, 1.165) is 29.8 Å². The average Bonchev–Trinajstić information content (AvgIpc) is 2.91. The summed E-state index contributed by atoms with van der Waals surface area (Å²) in [6.07, 6.45) is 2.22. The summed E-state index contributed by atoms with van der Waals surface area (Å²) < 4.78 is 5.29. The lowest BCUT2D eigenvalue weighted by molar-refractivity contribution is 0.0748. The van der Waals surface area contributed by atoms with Gasteiger partial charge in [-0.1, -0.05) is 30.3 Å². The van der Waals surface area contributed by atoms with E-state index >= 15 is 0 Å². The Kier molecular flexibility index (Phi) is 2.28. The van der Waals surface area contributed by atoms with Crippen LogP contribution in [0.25, 0.3) is 0 Å². The molecule has 2 aromatic rings. The van der Waals surface area contributed by atoms with E-state index in [9.17, 15) is 4.79 Å². The zero-order valence-corrected chi connectivity index (χ0v) is 11.3. The van der Waals surface area contributed by atoms with Gasteiger partial charge in [-0.15, -0.1) is 0 Å². The van der Waals surface area contributed by atoms with E-state index in [0.29, 0.717) is 19.0 Å². The molecule has 0 spiro atoms. The van der Waals surface area contributed by atoms with Crippen molar-refractivity contribution < 1.29 is 9.32 Å². The zero-order valence-electron chi connectivity index (χ0n) is 11.3. The molecule has 0 radical (unpaired) electrons. The van der Waals surface area contributed by atoms with Gasteiger partial charge in [-0.3, -0.25) is 4.79 Å². The number of aromatic nitrogens is 2. The highest BCUT2D eigenvalue weighted by Crippen LogP contribution is 2.46. The molecule has 5 heteroatoms. The van der Waals surface area contributed by atoms with Crippen molar-refractivity contribution in [2.75, 3.05) is 0 Å². The highest BCUT2D eigenvalue weighted by molar-refractivity contribution is 5.98. The molecule has 0 bridgehead atoms. The van der Waals surface area contributed by atoms with Gasteiger partial charge in [-0.05, 0) is 24.5 Å². The summed E-state index contributed by atoms with van der Waals surface area (Å²) in [4.78, 5) is 18.4. The highest BCUT2D eigenvalue weighted by atomic mass is 16.5. The molecule has 2 heterocycles. The number of hydrogen-bond acceptors (Lipinski definition) is 4. The van der Waals surface area contributed by atoms with Crippen molar-refractivity contribution in [3.8, 4) is 0 Å². The second-order valence-corrected chi connectivity index (χ2v) is 5.89. The van der Waals surface area contributed by atoms with Crippen molar-refractivity contribution in [1.82, 2.24) is 15.0 Å². The van der Waals surface area contributed by atoms with E-state index in [2.05, 4.69) is 17.1 Å². The van der Waals surface area contributed by atoms with Gasteiger partial charge >= 0.3 is 0 Å². The molecule has 5 nitrogen and oxygen atoms in total. The van der Waals surface area contributed by atoms with Gasteiger partial charge in [0.1, 0.15) is 6.54 Å². The summed E-state index contributed by atoms with van der Waals surface area (Å²) in [5, 5.41) is 4.04. The quantitative estimate of drug-likeness (QED) is 0.857.